The van der Waals surface area contributed by atoms with Gasteiger partial charge in [0.1, 0.15) is 6.10 Å². The van der Waals surface area contributed by atoms with Crippen LogP contribution in [0.15, 0.2) is 12.3 Å². The Morgan fingerprint density at radius 3 is 2.89 bits per heavy atom. The number of nitrogens with zero attached hydrogens (tertiary/aromatic N) is 1. The molecule has 1 aliphatic rings. The van der Waals surface area contributed by atoms with Gasteiger partial charge in [0.25, 0.3) is 5.88 Å². The molecule has 1 fully saturated rings. The van der Waals surface area contributed by atoms with Gasteiger partial charge in [0, 0.05) is 18.3 Å². The van der Waals surface area contributed by atoms with Crippen LogP contribution in [-0.4, -0.2) is 17.6 Å². The van der Waals surface area contributed by atoms with Crippen molar-refractivity contribution in [2.24, 2.45) is 0 Å². The minimum atomic E-state index is -0.309. The zero-order chi connectivity index (χ0) is 13.5. The molecule has 0 unspecified atom stereocenters. The zero-order valence-electron chi connectivity index (χ0n) is 11.6. The lowest BCUT2D eigenvalue weighted by atomic mass is 9.98. The summed E-state index contributed by atoms with van der Waals surface area (Å²) in [5.41, 5.74) is 0.634. The maximum absolute atomic E-state index is 14.2. The first-order valence-electron chi connectivity index (χ1n) is 7.32. The Morgan fingerprint density at radius 1 is 1.37 bits per heavy atom. The van der Waals surface area contributed by atoms with Crippen LogP contribution in [0.3, 0.4) is 0 Å². The lowest BCUT2D eigenvalue weighted by Crippen LogP contribution is -2.21. The molecule has 19 heavy (non-hydrogen) atoms. The Balaban J connectivity index is 1.97. The first-order chi connectivity index (χ1) is 9.31. The van der Waals surface area contributed by atoms with Crippen molar-refractivity contribution in [2.45, 2.75) is 58.1 Å². The number of aromatic nitrogens is 1. The first-order valence-corrected chi connectivity index (χ1v) is 7.32. The molecule has 0 saturated heterocycles. The van der Waals surface area contributed by atoms with Gasteiger partial charge < -0.3 is 10.1 Å². The van der Waals surface area contributed by atoms with Crippen LogP contribution in [0.2, 0.25) is 0 Å². The monoisotopic (exact) mass is 266 g/mol. The smallest absolute Gasteiger partial charge is 0.250 e. The average Bonchev–Trinajstić information content (AvgIpc) is 2.44. The Morgan fingerprint density at radius 2 is 2.16 bits per heavy atom. The third kappa shape index (κ3) is 4.16. The fourth-order valence-electron chi connectivity index (χ4n) is 2.42. The van der Waals surface area contributed by atoms with Crippen LogP contribution < -0.4 is 10.1 Å². The molecule has 0 aromatic carbocycles. The molecule has 1 N–H and O–H groups in total. The second kappa shape index (κ2) is 7.43. The van der Waals surface area contributed by atoms with Gasteiger partial charge >= 0.3 is 0 Å². The van der Waals surface area contributed by atoms with Crippen LogP contribution in [-0.2, 0) is 6.54 Å². The van der Waals surface area contributed by atoms with E-state index in [1.54, 1.807) is 12.3 Å². The van der Waals surface area contributed by atoms with E-state index in [9.17, 15) is 4.39 Å². The highest BCUT2D eigenvalue weighted by Crippen LogP contribution is 2.25. The van der Waals surface area contributed by atoms with Crippen LogP contribution >= 0.6 is 0 Å². The van der Waals surface area contributed by atoms with Gasteiger partial charge in [-0.3, -0.25) is 0 Å². The summed E-state index contributed by atoms with van der Waals surface area (Å²) < 4.78 is 19.9. The summed E-state index contributed by atoms with van der Waals surface area (Å²) in [7, 11) is 0. The van der Waals surface area contributed by atoms with Gasteiger partial charge in [0.15, 0.2) is 5.82 Å². The van der Waals surface area contributed by atoms with Gasteiger partial charge in [-0.2, -0.15) is 0 Å². The molecule has 0 amide bonds. The van der Waals surface area contributed by atoms with Gasteiger partial charge in [-0.05, 0) is 44.7 Å². The summed E-state index contributed by atoms with van der Waals surface area (Å²) in [5, 5.41) is 3.20. The average molecular weight is 266 g/mol. The Hall–Kier alpha value is -1.16. The summed E-state index contributed by atoms with van der Waals surface area (Å²) in [6.45, 7) is 3.51. The Bertz CT molecular complexity index is 392. The number of ether oxygens (including phenoxy) is 1. The Kier molecular flexibility index (Phi) is 5.58. The highest BCUT2D eigenvalue weighted by molar-refractivity contribution is 5.23. The van der Waals surface area contributed by atoms with Gasteiger partial charge in [-0.15, -0.1) is 0 Å². The second-order valence-electron chi connectivity index (χ2n) is 5.14. The fraction of sp³-hybridized carbons (Fsp3) is 0.667. The van der Waals surface area contributed by atoms with Crippen molar-refractivity contribution < 1.29 is 9.13 Å². The van der Waals surface area contributed by atoms with E-state index < -0.39 is 0 Å². The molecular weight excluding hydrogens is 243 g/mol. The molecule has 3 nitrogen and oxygen atoms in total. The quantitative estimate of drug-likeness (QED) is 0.801. The van der Waals surface area contributed by atoms with E-state index in [-0.39, 0.29) is 17.8 Å². The number of hydrogen-bond acceptors (Lipinski definition) is 3. The topological polar surface area (TPSA) is 34.2 Å². The van der Waals surface area contributed by atoms with Gasteiger partial charge in [0.05, 0.1) is 0 Å². The van der Waals surface area contributed by atoms with Crippen molar-refractivity contribution in [3.05, 3.63) is 23.6 Å². The minimum absolute atomic E-state index is 0.134. The molecular formula is C15H23FN2O. The molecule has 0 spiro atoms. The van der Waals surface area contributed by atoms with Crippen LogP contribution in [0, 0.1) is 5.82 Å². The number of halogens is 1. The minimum Gasteiger partial charge on any atom is -0.472 e. The van der Waals surface area contributed by atoms with Gasteiger partial charge in [-0.1, -0.05) is 13.3 Å². The van der Waals surface area contributed by atoms with Crippen LogP contribution in [0.4, 0.5) is 4.39 Å². The standard InChI is InChI=1S/C15H23FN2O/c1-2-9-17-11-12-8-10-18-15(14(12)16)19-13-6-4-3-5-7-13/h8,10,13,17H,2-7,9,11H2,1H3. The SMILES string of the molecule is CCCNCc1ccnc(OC2CCCCC2)c1F. The van der Waals surface area contributed by atoms with Crippen molar-refractivity contribution >= 4 is 0 Å². The molecule has 2 rings (SSSR count). The third-order valence-corrected chi connectivity index (χ3v) is 3.51. The molecule has 1 aromatic heterocycles. The van der Waals surface area contributed by atoms with Gasteiger partial charge in [-0.25, -0.2) is 9.37 Å². The number of hydrogen-bond donors (Lipinski definition) is 1. The largest absolute Gasteiger partial charge is 0.472 e. The maximum Gasteiger partial charge on any atom is 0.250 e. The van der Waals surface area contributed by atoms with Crippen molar-refractivity contribution in [2.75, 3.05) is 6.54 Å². The van der Waals surface area contributed by atoms with Crippen molar-refractivity contribution in [1.29, 1.82) is 0 Å². The summed E-state index contributed by atoms with van der Waals surface area (Å²) >= 11 is 0. The first kappa shape index (κ1) is 14.3. The highest BCUT2D eigenvalue weighted by atomic mass is 19.1. The van der Waals surface area contributed by atoms with Gasteiger partial charge in [0.2, 0.25) is 0 Å². The maximum atomic E-state index is 14.2. The number of rotatable bonds is 6. The predicted octanol–water partition coefficient (Wildman–Crippen LogP) is 3.43. The molecule has 0 aliphatic heterocycles. The number of nitrogens with one attached hydrogen (secondary N) is 1. The van der Waals surface area contributed by atoms with E-state index in [4.69, 9.17) is 4.74 Å². The van der Waals surface area contributed by atoms with E-state index >= 15 is 0 Å². The molecule has 0 radical (unpaired) electrons. The molecule has 1 saturated carbocycles. The molecule has 1 heterocycles. The number of pyridine rings is 1. The summed E-state index contributed by atoms with van der Waals surface area (Å²) in [6, 6.07) is 1.71. The zero-order valence-corrected chi connectivity index (χ0v) is 11.6. The molecule has 1 aliphatic carbocycles. The Labute approximate surface area is 114 Å². The lowest BCUT2D eigenvalue weighted by Gasteiger charge is -2.22. The molecule has 1 aromatic rings. The predicted molar refractivity (Wildman–Crippen MR) is 73.7 cm³/mol. The van der Waals surface area contributed by atoms with E-state index in [1.807, 2.05) is 0 Å². The van der Waals surface area contributed by atoms with Crippen LogP contribution in [0.25, 0.3) is 0 Å². The van der Waals surface area contributed by atoms with Crippen LogP contribution in [0.5, 0.6) is 5.88 Å². The molecule has 106 valence electrons. The second-order valence-corrected chi connectivity index (χ2v) is 5.14. The summed E-state index contributed by atoms with van der Waals surface area (Å²) in [5.74, 6) is -0.139. The van der Waals surface area contributed by atoms with Crippen LogP contribution in [0.1, 0.15) is 51.0 Å². The van der Waals surface area contributed by atoms with Crippen molar-refractivity contribution in [3.8, 4) is 5.88 Å². The van der Waals surface area contributed by atoms with E-state index in [1.165, 1.54) is 19.3 Å². The molecule has 4 heteroatoms. The van der Waals surface area contributed by atoms with E-state index in [0.717, 1.165) is 25.8 Å². The summed E-state index contributed by atoms with van der Waals surface area (Å²) in [4.78, 5) is 4.04. The highest BCUT2D eigenvalue weighted by Gasteiger charge is 2.18. The van der Waals surface area contributed by atoms with Crippen molar-refractivity contribution in [3.63, 3.8) is 0 Å². The fourth-order valence-corrected chi connectivity index (χ4v) is 2.42. The summed E-state index contributed by atoms with van der Waals surface area (Å²) in [6.07, 6.45) is 8.43. The molecule has 0 bridgehead atoms. The third-order valence-electron chi connectivity index (χ3n) is 3.51. The molecule has 0 atom stereocenters. The van der Waals surface area contributed by atoms with E-state index in [2.05, 4.69) is 17.2 Å². The van der Waals surface area contributed by atoms with Crippen molar-refractivity contribution in [1.82, 2.24) is 10.3 Å². The van der Waals surface area contributed by atoms with E-state index in [0.29, 0.717) is 12.1 Å². The normalized spacial score (nSPS) is 16.5. The lowest BCUT2D eigenvalue weighted by molar-refractivity contribution is 0.141.